The summed E-state index contributed by atoms with van der Waals surface area (Å²) in [5.41, 5.74) is 0.993. The van der Waals surface area contributed by atoms with E-state index in [-0.39, 0.29) is 0 Å². The molecule has 1 aromatic heterocycles. The van der Waals surface area contributed by atoms with Crippen molar-refractivity contribution in [3.63, 3.8) is 0 Å². The molecule has 1 fully saturated rings. The van der Waals surface area contributed by atoms with Crippen LogP contribution in [0.1, 0.15) is 11.5 Å². The molecular formula is C9H14N2O2. The predicted octanol–water partition coefficient (Wildman–Crippen LogP) is 0.814. The zero-order chi connectivity index (χ0) is 9.26. The minimum absolute atomic E-state index is 0.553. The third-order valence-corrected chi connectivity index (χ3v) is 2.33. The molecule has 1 saturated heterocycles. The van der Waals surface area contributed by atoms with Crippen LogP contribution in [0.3, 0.4) is 0 Å². The number of ether oxygens (including phenoxy) is 1. The number of aryl methyl sites for hydroxylation is 1. The molecule has 0 atom stereocenters. The van der Waals surface area contributed by atoms with Gasteiger partial charge in [0.15, 0.2) is 0 Å². The van der Waals surface area contributed by atoms with E-state index in [0.29, 0.717) is 6.04 Å². The zero-order valence-corrected chi connectivity index (χ0v) is 7.99. The van der Waals surface area contributed by atoms with Crippen LogP contribution in [0, 0.1) is 6.92 Å². The molecule has 4 heteroatoms. The van der Waals surface area contributed by atoms with E-state index in [4.69, 9.17) is 9.26 Å². The third kappa shape index (κ3) is 1.89. The van der Waals surface area contributed by atoms with Crippen LogP contribution >= 0.6 is 0 Å². The van der Waals surface area contributed by atoms with Gasteiger partial charge in [0.25, 0.3) is 0 Å². The largest absolute Gasteiger partial charge is 0.378 e. The Hall–Kier alpha value is -0.870. The van der Waals surface area contributed by atoms with Crippen molar-refractivity contribution in [2.75, 3.05) is 20.3 Å². The van der Waals surface area contributed by atoms with Crippen LogP contribution in [0.25, 0.3) is 0 Å². The van der Waals surface area contributed by atoms with Crippen molar-refractivity contribution in [2.45, 2.75) is 19.5 Å². The van der Waals surface area contributed by atoms with Gasteiger partial charge >= 0.3 is 0 Å². The van der Waals surface area contributed by atoms with Gasteiger partial charge in [-0.15, -0.1) is 0 Å². The molecule has 0 unspecified atom stereocenters. The van der Waals surface area contributed by atoms with Gasteiger partial charge < -0.3 is 9.26 Å². The van der Waals surface area contributed by atoms with E-state index < -0.39 is 0 Å². The SMILES string of the molecule is Cc1cc(CN(C)C2COC2)no1. The van der Waals surface area contributed by atoms with Gasteiger partial charge in [-0.05, 0) is 14.0 Å². The standard InChI is InChI=1S/C9H14N2O2/c1-7-3-8(10-13-7)4-11(2)9-5-12-6-9/h3,9H,4-6H2,1-2H3. The van der Waals surface area contributed by atoms with Crippen LogP contribution in [0.4, 0.5) is 0 Å². The summed E-state index contributed by atoms with van der Waals surface area (Å²) in [5.74, 6) is 0.869. The minimum atomic E-state index is 0.553. The quantitative estimate of drug-likeness (QED) is 0.693. The Morgan fingerprint density at radius 1 is 1.62 bits per heavy atom. The molecular weight excluding hydrogens is 168 g/mol. The molecule has 1 aliphatic rings. The van der Waals surface area contributed by atoms with Crippen LogP contribution in [0.5, 0.6) is 0 Å². The molecule has 13 heavy (non-hydrogen) atoms. The Labute approximate surface area is 77.5 Å². The zero-order valence-electron chi connectivity index (χ0n) is 7.99. The number of rotatable bonds is 3. The number of hydrogen-bond donors (Lipinski definition) is 0. The summed E-state index contributed by atoms with van der Waals surface area (Å²) in [4.78, 5) is 2.24. The highest BCUT2D eigenvalue weighted by Gasteiger charge is 2.23. The highest BCUT2D eigenvalue weighted by molar-refractivity contribution is 5.03. The normalized spacial score (nSPS) is 17.8. The minimum Gasteiger partial charge on any atom is -0.378 e. The van der Waals surface area contributed by atoms with Crippen molar-refractivity contribution in [3.8, 4) is 0 Å². The van der Waals surface area contributed by atoms with Gasteiger partial charge in [0, 0.05) is 12.6 Å². The molecule has 0 spiro atoms. The monoisotopic (exact) mass is 182 g/mol. The second-order valence-corrected chi connectivity index (χ2v) is 3.54. The fourth-order valence-corrected chi connectivity index (χ4v) is 1.35. The highest BCUT2D eigenvalue weighted by atomic mass is 16.5. The summed E-state index contributed by atoms with van der Waals surface area (Å²) >= 11 is 0. The first-order valence-electron chi connectivity index (χ1n) is 4.46. The molecule has 0 radical (unpaired) electrons. The van der Waals surface area contributed by atoms with E-state index in [1.807, 2.05) is 13.0 Å². The smallest absolute Gasteiger partial charge is 0.133 e. The maximum atomic E-state index is 5.11. The summed E-state index contributed by atoms with van der Waals surface area (Å²) < 4.78 is 10.1. The van der Waals surface area contributed by atoms with E-state index in [1.54, 1.807) is 0 Å². The summed E-state index contributed by atoms with van der Waals surface area (Å²) in [6.45, 7) is 4.43. The Bertz CT molecular complexity index is 281. The van der Waals surface area contributed by atoms with Crippen molar-refractivity contribution >= 4 is 0 Å². The van der Waals surface area contributed by atoms with Gasteiger partial charge in [-0.3, -0.25) is 4.90 Å². The van der Waals surface area contributed by atoms with E-state index in [0.717, 1.165) is 31.2 Å². The molecule has 2 rings (SSSR count). The first-order chi connectivity index (χ1) is 6.25. The molecule has 1 aliphatic heterocycles. The average molecular weight is 182 g/mol. The number of hydrogen-bond acceptors (Lipinski definition) is 4. The molecule has 0 aliphatic carbocycles. The molecule has 0 saturated carbocycles. The maximum absolute atomic E-state index is 5.11. The van der Waals surface area contributed by atoms with Crippen LogP contribution in [-0.4, -0.2) is 36.4 Å². The van der Waals surface area contributed by atoms with Crippen molar-refractivity contribution in [1.29, 1.82) is 0 Å². The Morgan fingerprint density at radius 2 is 2.38 bits per heavy atom. The van der Waals surface area contributed by atoms with Gasteiger partial charge in [0.05, 0.1) is 24.9 Å². The molecule has 0 bridgehead atoms. The highest BCUT2D eigenvalue weighted by Crippen LogP contribution is 2.12. The van der Waals surface area contributed by atoms with Crippen molar-refractivity contribution in [3.05, 3.63) is 17.5 Å². The third-order valence-electron chi connectivity index (χ3n) is 2.33. The molecule has 1 aromatic rings. The molecule has 0 N–H and O–H groups in total. The van der Waals surface area contributed by atoms with Gasteiger partial charge in [0.1, 0.15) is 5.76 Å². The first kappa shape index (κ1) is 8.72. The topological polar surface area (TPSA) is 38.5 Å². The Balaban J connectivity index is 1.89. The van der Waals surface area contributed by atoms with Gasteiger partial charge in [-0.25, -0.2) is 0 Å². The lowest BCUT2D eigenvalue weighted by molar-refractivity contribution is -0.0591. The van der Waals surface area contributed by atoms with Gasteiger partial charge in [-0.2, -0.15) is 0 Å². The van der Waals surface area contributed by atoms with Gasteiger partial charge in [0.2, 0.25) is 0 Å². The second-order valence-electron chi connectivity index (χ2n) is 3.54. The average Bonchev–Trinajstić information content (AvgIpc) is 2.31. The predicted molar refractivity (Wildman–Crippen MR) is 47.3 cm³/mol. The Kier molecular flexibility index (Phi) is 2.33. The van der Waals surface area contributed by atoms with Gasteiger partial charge in [-0.1, -0.05) is 5.16 Å². The van der Waals surface area contributed by atoms with Crippen molar-refractivity contribution in [1.82, 2.24) is 10.1 Å². The fourth-order valence-electron chi connectivity index (χ4n) is 1.35. The molecule has 72 valence electrons. The van der Waals surface area contributed by atoms with E-state index in [2.05, 4.69) is 17.1 Å². The number of nitrogens with zero attached hydrogens (tertiary/aromatic N) is 2. The molecule has 0 aromatic carbocycles. The van der Waals surface area contributed by atoms with Crippen LogP contribution < -0.4 is 0 Å². The van der Waals surface area contributed by atoms with Crippen LogP contribution in [0.2, 0.25) is 0 Å². The summed E-state index contributed by atoms with van der Waals surface area (Å²) in [5, 5.41) is 3.94. The van der Waals surface area contributed by atoms with Crippen molar-refractivity contribution < 1.29 is 9.26 Å². The maximum Gasteiger partial charge on any atom is 0.133 e. The lowest BCUT2D eigenvalue weighted by Crippen LogP contribution is -2.46. The van der Waals surface area contributed by atoms with Crippen LogP contribution in [0.15, 0.2) is 10.6 Å². The van der Waals surface area contributed by atoms with E-state index >= 15 is 0 Å². The summed E-state index contributed by atoms with van der Waals surface area (Å²) in [7, 11) is 2.08. The number of likely N-dealkylation sites (N-methyl/N-ethyl adjacent to an activating group) is 1. The number of aromatic nitrogens is 1. The molecule has 2 heterocycles. The summed E-state index contributed by atoms with van der Waals surface area (Å²) in [6.07, 6.45) is 0. The van der Waals surface area contributed by atoms with Crippen LogP contribution in [-0.2, 0) is 11.3 Å². The second kappa shape index (κ2) is 3.47. The van der Waals surface area contributed by atoms with E-state index in [1.165, 1.54) is 0 Å². The lowest BCUT2D eigenvalue weighted by atomic mass is 10.2. The van der Waals surface area contributed by atoms with E-state index in [9.17, 15) is 0 Å². The molecule has 0 amide bonds. The Morgan fingerprint density at radius 3 is 2.85 bits per heavy atom. The lowest BCUT2D eigenvalue weighted by Gasteiger charge is -2.33. The molecule has 4 nitrogen and oxygen atoms in total. The fraction of sp³-hybridized carbons (Fsp3) is 0.667. The first-order valence-corrected chi connectivity index (χ1v) is 4.46. The van der Waals surface area contributed by atoms with Crippen molar-refractivity contribution in [2.24, 2.45) is 0 Å². The summed E-state index contributed by atoms with van der Waals surface area (Å²) in [6, 6.07) is 2.52.